The van der Waals surface area contributed by atoms with Crippen LogP contribution < -0.4 is 4.74 Å². The van der Waals surface area contributed by atoms with E-state index in [0.29, 0.717) is 35.9 Å². The maximum atomic E-state index is 13.9. The molecule has 0 saturated heterocycles. The Morgan fingerprint density at radius 2 is 1.57 bits per heavy atom. The molecule has 3 aromatic rings. The van der Waals surface area contributed by atoms with Crippen molar-refractivity contribution >= 4 is 11.9 Å². The third-order valence-corrected chi connectivity index (χ3v) is 6.21. The molecule has 0 spiro atoms. The number of halogens is 1. The van der Waals surface area contributed by atoms with Crippen LogP contribution in [-0.4, -0.2) is 43.6 Å². The largest absolute Gasteiger partial charge is 0.465 e. The molecule has 1 amide bonds. The number of carbonyl (C=O) groups is 2. The maximum Gasteiger partial charge on any atom is 0.337 e. The average Bonchev–Trinajstić information content (AvgIpc) is 2.86. The second-order valence-electron chi connectivity index (χ2n) is 8.63. The molecule has 0 unspecified atom stereocenters. The van der Waals surface area contributed by atoms with E-state index in [2.05, 4.69) is 0 Å². The van der Waals surface area contributed by atoms with Crippen molar-refractivity contribution < 1.29 is 28.2 Å². The van der Waals surface area contributed by atoms with Crippen molar-refractivity contribution in [3.05, 3.63) is 95.3 Å². The second kappa shape index (κ2) is 11.1. The van der Waals surface area contributed by atoms with E-state index in [1.807, 2.05) is 17.0 Å². The number of benzene rings is 3. The van der Waals surface area contributed by atoms with Crippen LogP contribution in [0.5, 0.6) is 11.5 Å². The lowest BCUT2D eigenvalue weighted by atomic mass is 9.81. The second-order valence-corrected chi connectivity index (χ2v) is 8.63. The molecule has 0 heterocycles. The third kappa shape index (κ3) is 6.05. The van der Waals surface area contributed by atoms with Crippen LogP contribution in [0, 0.1) is 11.7 Å². The normalized spacial score (nSPS) is 16.8. The first-order valence-corrected chi connectivity index (χ1v) is 11.5. The summed E-state index contributed by atoms with van der Waals surface area (Å²) in [6.07, 6.45) is 2.07. The van der Waals surface area contributed by atoms with Gasteiger partial charge in [-0.1, -0.05) is 24.3 Å². The lowest BCUT2D eigenvalue weighted by Crippen LogP contribution is -2.41. The Hall–Kier alpha value is -3.71. The third-order valence-electron chi connectivity index (χ3n) is 6.21. The Labute approximate surface area is 204 Å². The van der Waals surface area contributed by atoms with E-state index in [0.717, 1.165) is 18.4 Å². The van der Waals surface area contributed by atoms with Crippen molar-refractivity contribution in [2.45, 2.75) is 25.5 Å². The number of carbonyl (C=O) groups excluding carboxylic acids is 2. The lowest BCUT2D eigenvalue weighted by molar-refractivity contribution is -0.0102. The van der Waals surface area contributed by atoms with E-state index in [1.165, 1.54) is 13.2 Å². The van der Waals surface area contributed by atoms with Crippen LogP contribution in [-0.2, 0) is 16.0 Å². The molecule has 1 aliphatic rings. The fourth-order valence-corrected chi connectivity index (χ4v) is 4.13. The predicted molar refractivity (Wildman–Crippen MR) is 129 cm³/mol. The molecular formula is C28H28FNO5. The Morgan fingerprint density at radius 3 is 2.20 bits per heavy atom. The van der Waals surface area contributed by atoms with E-state index in [9.17, 15) is 14.0 Å². The molecule has 7 heteroatoms. The summed E-state index contributed by atoms with van der Waals surface area (Å²) in [6.45, 7) is 1.01. The Morgan fingerprint density at radius 1 is 0.914 bits per heavy atom. The quantitative estimate of drug-likeness (QED) is 0.382. The summed E-state index contributed by atoms with van der Waals surface area (Å²) in [4.78, 5) is 27.0. The molecule has 0 atom stereocenters. The first kappa shape index (κ1) is 24.4. The molecule has 0 N–H and O–H groups in total. The molecule has 3 aromatic carbocycles. The molecule has 1 fully saturated rings. The number of rotatable bonds is 9. The fourth-order valence-electron chi connectivity index (χ4n) is 4.13. The van der Waals surface area contributed by atoms with Gasteiger partial charge in [0.25, 0.3) is 5.91 Å². The first-order valence-electron chi connectivity index (χ1n) is 11.5. The zero-order chi connectivity index (χ0) is 24.8. The highest BCUT2D eigenvalue weighted by molar-refractivity contribution is 5.94. The van der Waals surface area contributed by atoms with Crippen LogP contribution in [0.1, 0.15) is 39.1 Å². The number of ether oxygens (including phenoxy) is 3. The molecular weight excluding hydrogens is 449 g/mol. The van der Waals surface area contributed by atoms with Gasteiger partial charge in [-0.25, -0.2) is 9.18 Å². The first-order chi connectivity index (χ1) is 17.0. The summed E-state index contributed by atoms with van der Waals surface area (Å²) < 4.78 is 29.6. The van der Waals surface area contributed by atoms with Gasteiger partial charge >= 0.3 is 5.97 Å². The Bertz CT molecular complexity index is 1160. The molecule has 1 aliphatic carbocycles. The van der Waals surface area contributed by atoms with E-state index in [1.54, 1.807) is 61.7 Å². The van der Waals surface area contributed by atoms with E-state index in [4.69, 9.17) is 14.2 Å². The summed E-state index contributed by atoms with van der Waals surface area (Å²) in [7, 11) is 3.05. The van der Waals surface area contributed by atoms with Crippen molar-refractivity contribution in [3.8, 4) is 11.5 Å². The van der Waals surface area contributed by atoms with Crippen LogP contribution in [0.3, 0.4) is 0 Å². The number of hydrogen-bond donors (Lipinski definition) is 0. The Kier molecular flexibility index (Phi) is 7.77. The van der Waals surface area contributed by atoms with Crippen molar-refractivity contribution in [2.24, 2.45) is 5.92 Å². The molecule has 0 bridgehead atoms. The van der Waals surface area contributed by atoms with Gasteiger partial charge in [0.2, 0.25) is 0 Å². The number of hydrogen-bond acceptors (Lipinski definition) is 5. The van der Waals surface area contributed by atoms with Gasteiger partial charge in [-0.15, -0.1) is 0 Å². The van der Waals surface area contributed by atoms with Crippen LogP contribution in [0.4, 0.5) is 4.39 Å². The van der Waals surface area contributed by atoms with Crippen molar-refractivity contribution in [3.63, 3.8) is 0 Å². The highest BCUT2D eigenvalue weighted by atomic mass is 19.1. The van der Waals surface area contributed by atoms with Gasteiger partial charge in [-0.05, 0) is 72.9 Å². The van der Waals surface area contributed by atoms with Crippen molar-refractivity contribution in [2.75, 3.05) is 20.8 Å². The van der Waals surface area contributed by atoms with Gasteiger partial charge in [0.15, 0.2) is 11.6 Å². The van der Waals surface area contributed by atoms with Crippen molar-refractivity contribution in [1.29, 1.82) is 0 Å². The number of para-hydroxylation sites is 1. The standard InChI is InChI=1S/C28H28FNO5/c1-33-24-15-20(16-24)18-30(17-19-7-9-22(10-8-19)28(32)34-2)27(31)21-11-13-23(14-12-21)35-26-6-4-3-5-25(26)29/h3-14,20,24H,15-18H2,1-2H3. The highest BCUT2D eigenvalue weighted by Crippen LogP contribution is 2.31. The fraction of sp³-hybridized carbons (Fsp3) is 0.286. The monoisotopic (exact) mass is 477 g/mol. The van der Waals surface area contributed by atoms with Crippen LogP contribution >= 0.6 is 0 Å². The maximum absolute atomic E-state index is 13.9. The molecule has 1 saturated carbocycles. The average molecular weight is 478 g/mol. The van der Waals surface area contributed by atoms with Crippen LogP contribution in [0.25, 0.3) is 0 Å². The zero-order valence-corrected chi connectivity index (χ0v) is 19.8. The highest BCUT2D eigenvalue weighted by Gasteiger charge is 2.32. The summed E-state index contributed by atoms with van der Waals surface area (Å²) >= 11 is 0. The summed E-state index contributed by atoms with van der Waals surface area (Å²) in [6, 6.07) is 19.9. The number of nitrogens with zero attached hydrogens (tertiary/aromatic N) is 1. The van der Waals surface area contributed by atoms with Gasteiger partial charge in [-0.3, -0.25) is 4.79 Å². The van der Waals surface area contributed by atoms with Gasteiger partial charge in [0, 0.05) is 25.8 Å². The van der Waals surface area contributed by atoms with Gasteiger partial charge in [-0.2, -0.15) is 0 Å². The minimum atomic E-state index is -0.452. The predicted octanol–water partition coefficient (Wildman–Crippen LogP) is 5.47. The Balaban J connectivity index is 1.48. The number of esters is 1. The van der Waals surface area contributed by atoms with Gasteiger partial charge < -0.3 is 19.1 Å². The minimum absolute atomic E-state index is 0.111. The van der Waals surface area contributed by atoms with Crippen molar-refractivity contribution in [1.82, 2.24) is 4.90 Å². The number of methoxy groups -OCH3 is 2. The molecule has 6 nitrogen and oxygen atoms in total. The summed E-state index contributed by atoms with van der Waals surface area (Å²) in [5.74, 6) is -0.0313. The summed E-state index contributed by atoms with van der Waals surface area (Å²) in [5.41, 5.74) is 1.88. The van der Waals surface area contributed by atoms with Gasteiger partial charge in [0.05, 0.1) is 18.8 Å². The zero-order valence-electron chi connectivity index (χ0n) is 19.8. The van der Waals surface area contributed by atoms with E-state index >= 15 is 0 Å². The molecule has 0 aliphatic heterocycles. The summed E-state index contributed by atoms with van der Waals surface area (Å²) in [5, 5.41) is 0. The molecule has 0 aromatic heterocycles. The van der Waals surface area contributed by atoms with Crippen LogP contribution in [0.15, 0.2) is 72.8 Å². The molecule has 0 radical (unpaired) electrons. The number of amides is 1. The molecule has 182 valence electrons. The van der Waals surface area contributed by atoms with Gasteiger partial charge in [0.1, 0.15) is 5.75 Å². The topological polar surface area (TPSA) is 65.1 Å². The molecule has 35 heavy (non-hydrogen) atoms. The lowest BCUT2D eigenvalue weighted by Gasteiger charge is -2.37. The SMILES string of the molecule is COC(=O)c1ccc(CN(CC2CC(OC)C2)C(=O)c2ccc(Oc3ccccc3F)cc2)cc1. The van der Waals surface area contributed by atoms with E-state index in [-0.39, 0.29) is 17.8 Å². The minimum Gasteiger partial charge on any atom is -0.465 e. The molecule has 4 rings (SSSR count). The smallest absolute Gasteiger partial charge is 0.337 e. The van der Waals surface area contributed by atoms with E-state index < -0.39 is 11.8 Å². The van der Waals surface area contributed by atoms with Crippen LogP contribution in [0.2, 0.25) is 0 Å².